The number of aryl methyl sites for hydroxylation is 1. The van der Waals surface area contributed by atoms with E-state index in [0.717, 1.165) is 26.1 Å². The van der Waals surface area contributed by atoms with Gasteiger partial charge in [0.15, 0.2) is 14.9 Å². The van der Waals surface area contributed by atoms with Crippen molar-refractivity contribution in [2.45, 2.75) is 32.3 Å². The molecule has 0 atom stereocenters. The fourth-order valence-electron chi connectivity index (χ4n) is 3.86. The highest BCUT2D eigenvalue weighted by atomic mass is 32.2. The number of nitrogens with two attached hydrogens (primary N) is 2. The third kappa shape index (κ3) is 5.48. The molecule has 1 aromatic carbocycles. The van der Waals surface area contributed by atoms with E-state index in [-0.39, 0.29) is 34.9 Å². The average Bonchev–Trinajstić information content (AvgIpc) is 3.52. The fraction of sp³-hybridized carbons (Fsp3) is 0.240. The zero-order valence-corrected chi connectivity index (χ0v) is 24.2. The van der Waals surface area contributed by atoms with E-state index in [0.29, 0.717) is 32.2 Å². The number of hydrogen-bond donors (Lipinski definition) is 2. The zero-order valence-electron chi connectivity index (χ0n) is 21.8. The Morgan fingerprint density at radius 2 is 1.55 bits per heavy atom. The van der Waals surface area contributed by atoms with Crippen molar-refractivity contribution >= 4 is 70.0 Å². The minimum atomic E-state index is -3.58. The largest absolute Gasteiger partial charge is 0.465 e. The number of carbonyl (C=O) groups is 1. The van der Waals surface area contributed by atoms with Crippen LogP contribution in [0.1, 0.15) is 19.5 Å². The van der Waals surface area contributed by atoms with Gasteiger partial charge in [-0.15, -0.1) is 22.7 Å². The van der Waals surface area contributed by atoms with Gasteiger partial charge in [-0.2, -0.15) is 14.9 Å². The van der Waals surface area contributed by atoms with Crippen LogP contribution in [0.15, 0.2) is 55.7 Å². The molecule has 0 fully saturated rings. The number of ether oxygens (including phenoxy) is 1. The summed E-state index contributed by atoms with van der Waals surface area (Å²) in [6, 6.07) is 8.67. The topological polar surface area (TPSA) is 182 Å². The number of hydrogen-bond acceptors (Lipinski definition) is 12. The Hall–Kier alpha value is -4.08. The van der Waals surface area contributed by atoms with Gasteiger partial charge in [-0.05, 0) is 26.0 Å². The molecule has 5 aromatic rings. The van der Waals surface area contributed by atoms with Gasteiger partial charge in [0.2, 0.25) is 0 Å². The number of para-hydroxylation sites is 1. The van der Waals surface area contributed by atoms with E-state index in [1.165, 1.54) is 18.3 Å². The van der Waals surface area contributed by atoms with Crippen LogP contribution in [0.4, 0.5) is 10.0 Å². The molecule has 4 heterocycles. The van der Waals surface area contributed by atoms with Crippen molar-refractivity contribution < 1.29 is 17.9 Å². The Bertz CT molecular complexity index is 1940. The second kappa shape index (κ2) is 11.6. The minimum Gasteiger partial charge on any atom is -0.465 e. The van der Waals surface area contributed by atoms with Crippen molar-refractivity contribution in [2.75, 3.05) is 23.8 Å². The quantitative estimate of drug-likeness (QED) is 0.274. The molecular formula is C25H26N6O6S3. The Labute approximate surface area is 236 Å². The molecule has 12 nitrogen and oxygen atoms in total. The van der Waals surface area contributed by atoms with Crippen LogP contribution in [0.5, 0.6) is 0 Å². The minimum absolute atomic E-state index is 0.0994. The first-order chi connectivity index (χ1) is 19.0. The number of nitrogens with zero attached hydrogens (tertiary/aromatic N) is 4. The Morgan fingerprint density at radius 3 is 2.15 bits per heavy atom. The molecule has 0 aliphatic carbocycles. The first-order valence-corrected chi connectivity index (χ1v) is 15.4. The van der Waals surface area contributed by atoms with E-state index in [2.05, 4.69) is 10.2 Å². The summed E-state index contributed by atoms with van der Waals surface area (Å²) in [7, 11) is -3.58. The first kappa shape index (κ1) is 28.9. The lowest BCUT2D eigenvalue weighted by atomic mass is 10.2. The molecule has 0 aliphatic heterocycles. The number of carbonyl (C=O) groups excluding carboxylic acids is 1. The van der Waals surface area contributed by atoms with Gasteiger partial charge in [0.05, 0.1) is 44.5 Å². The van der Waals surface area contributed by atoms with Crippen molar-refractivity contribution in [3.63, 3.8) is 0 Å². The van der Waals surface area contributed by atoms with Gasteiger partial charge in [0, 0.05) is 21.5 Å². The van der Waals surface area contributed by atoms with Gasteiger partial charge in [-0.3, -0.25) is 14.4 Å². The van der Waals surface area contributed by atoms with Crippen molar-refractivity contribution in [1.82, 2.24) is 19.6 Å². The summed E-state index contributed by atoms with van der Waals surface area (Å²) in [6.45, 7) is 5.10. The van der Waals surface area contributed by atoms with Crippen molar-refractivity contribution in [3.05, 3.63) is 67.5 Å². The summed E-state index contributed by atoms with van der Waals surface area (Å²) < 4.78 is 31.6. The predicted octanol–water partition coefficient (Wildman–Crippen LogP) is 2.73. The number of thiophene rings is 2. The maximum atomic E-state index is 12.6. The molecule has 0 saturated carbocycles. The highest BCUT2D eigenvalue weighted by Crippen LogP contribution is 2.30. The maximum Gasteiger partial charge on any atom is 0.327 e. The second-order valence-electron chi connectivity index (χ2n) is 8.39. The molecule has 0 radical (unpaired) electrons. The van der Waals surface area contributed by atoms with Crippen LogP contribution < -0.4 is 22.6 Å². The lowest BCUT2D eigenvalue weighted by molar-refractivity contribution is -0.144. The van der Waals surface area contributed by atoms with Crippen LogP contribution >= 0.6 is 22.7 Å². The highest BCUT2D eigenvalue weighted by Gasteiger charge is 2.24. The number of anilines is 2. The molecule has 0 aliphatic rings. The molecule has 0 saturated heterocycles. The van der Waals surface area contributed by atoms with E-state index in [1.807, 2.05) is 0 Å². The Kier molecular flexibility index (Phi) is 8.37. The lowest BCUT2D eigenvalue weighted by Gasteiger charge is -2.09. The van der Waals surface area contributed by atoms with Crippen molar-refractivity contribution in [2.24, 2.45) is 0 Å². The molecule has 0 spiro atoms. The van der Waals surface area contributed by atoms with Crippen LogP contribution in [0.2, 0.25) is 0 Å². The van der Waals surface area contributed by atoms with Crippen LogP contribution in [0.25, 0.3) is 27.2 Å². The number of benzene rings is 1. The molecule has 0 amide bonds. The van der Waals surface area contributed by atoms with Gasteiger partial charge in [-0.1, -0.05) is 25.1 Å². The number of rotatable bonds is 6. The zero-order chi connectivity index (χ0) is 29.2. The number of nitrogen functional groups attached to an aromatic ring is 2. The number of sulfone groups is 1. The molecule has 4 aromatic heterocycles. The fourth-order valence-corrected chi connectivity index (χ4v) is 6.55. The average molecular weight is 603 g/mol. The molecular weight excluding hydrogens is 577 g/mol. The molecule has 15 heteroatoms. The van der Waals surface area contributed by atoms with E-state index in [1.54, 1.807) is 54.9 Å². The van der Waals surface area contributed by atoms with Crippen LogP contribution in [0, 0.1) is 6.92 Å². The molecule has 0 bridgehead atoms. The van der Waals surface area contributed by atoms with E-state index in [9.17, 15) is 22.8 Å². The van der Waals surface area contributed by atoms with E-state index < -0.39 is 21.4 Å². The molecule has 40 heavy (non-hydrogen) atoms. The summed E-state index contributed by atoms with van der Waals surface area (Å²) in [5.74, 6) is -0.586. The number of aromatic nitrogens is 4. The smallest absolute Gasteiger partial charge is 0.327 e. The van der Waals surface area contributed by atoms with Crippen molar-refractivity contribution in [3.8, 4) is 5.69 Å². The van der Waals surface area contributed by atoms with Crippen LogP contribution in [0.3, 0.4) is 0 Å². The highest BCUT2D eigenvalue weighted by molar-refractivity contribution is 7.91. The third-order valence-corrected chi connectivity index (χ3v) is 9.11. The summed E-state index contributed by atoms with van der Waals surface area (Å²) in [5, 5.41) is 13.8. The van der Waals surface area contributed by atoms with Crippen molar-refractivity contribution in [1.29, 1.82) is 0 Å². The lowest BCUT2D eigenvalue weighted by Crippen LogP contribution is -2.28. The first-order valence-electron chi connectivity index (χ1n) is 12.0. The van der Waals surface area contributed by atoms with E-state index >= 15 is 0 Å². The van der Waals surface area contributed by atoms with E-state index in [4.69, 9.17) is 16.2 Å². The maximum absolute atomic E-state index is 12.6. The SMILES string of the molecule is CCOC(=O)Cn1nc(C)c2csc(N)c2c1=O.CCS(=O)(=O)c1nn(-c2ccccc2)c(=O)c2c(N)scc12. The molecule has 4 N–H and O–H groups in total. The van der Waals surface area contributed by atoms with Gasteiger partial charge < -0.3 is 16.2 Å². The van der Waals surface area contributed by atoms with Gasteiger partial charge in [0.25, 0.3) is 11.1 Å². The van der Waals surface area contributed by atoms with Crippen LogP contribution in [-0.2, 0) is 25.9 Å². The standard InChI is InChI=1S/C14H13N3O3S2.C11H13N3O3S/c1-2-22(19,20)13-10-8-21-12(15)11(10)14(18)17(16-13)9-6-4-3-5-7-9;1-3-17-8(15)4-14-11(16)9-7(6(2)13-14)5-18-10(9)12/h3-8H,2,15H2,1H3;5H,3-4,12H2,1-2H3. The van der Waals surface area contributed by atoms with Crippen LogP contribution in [-0.4, -0.2) is 46.3 Å². The molecule has 5 rings (SSSR count). The number of esters is 1. The third-order valence-electron chi connectivity index (χ3n) is 5.83. The Morgan fingerprint density at radius 1 is 0.950 bits per heavy atom. The summed E-state index contributed by atoms with van der Waals surface area (Å²) in [5.41, 5.74) is 12.0. The monoisotopic (exact) mass is 602 g/mol. The van der Waals surface area contributed by atoms with Gasteiger partial charge in [0.1, 0.15) is 6.54 Å². The predicted molar refractivity (Wildman–Crippen MR) is 157 cm³/mol. The Balaban J connectivity index is 0.000000189. The summed E-state index contributed by atoms with van der Waals surface area (Å²) in [4.78, 5) is 36.1. The van der Waals surface area contributed by atoms with Gasteiger partial charge in [-0.25, -0.2) is 13.1 Å². The normalized spacial score (nSPS) is 11.4. The number of fused-ring (bicyclic) bond motifs is 2. The summed E-state index contributed by atoms with van der Waals surface area (Å²) >= 11 is 2.43. The molecule has 0 unspecified atom stereocenters. The molecule has 210 valence electrons. The summed E-state index contributed by atoms with van der Waals surface area (Å²) in [6.07, 6.45) is 0. The second-order valence-corrected chi connectivity index (χ2v) is 12.4. The van der Waals surface area contributed by atoms with Gasteiger partial charge >= 0.3 is 5.97 Å².